The second kappa shape index (κ2) is 4.39. The molecule has 0 aliphatic carbocycles. The molecular formula is C15H21NO2. The maximum absolute atomic E-state index is 12.5. The Balaban J connectivity index is 2.29. The monoisotopic (exact) mass is 247 g/mol. The lowest BCUT2D eigenvalue weighted by Gasteiger charge is -2.34. The van der Waals surface area contributed by atoms with Crippen LogP contribution in [0, 0.1) is 13.8 Å². The average Bonchev–Trinajstić information content (AvgIpc) is 2.57. The molecule has 1 amide bonds. The van der Waals surface area contributed by atoms with Crippen LogP contribution in [-0.2, 0) is 0 Å². The highest BCUT2D eigenvalue weighted by atomic mass is 16.3. The number of carbonyl (C=O) groups excluding carboxylic acids is 1. The van der Waals surface area contributed by atoms with E-state index in [0.29, 0.717) is 18.5 Å². The molecule has 3 heteroatoms. The second-order valence-corrected chi connectivity index (χ2v) is 5.71. The zero-order valence-corrected chi connectivity index (χ0v) is 11.5. The summed E-state index contributed by atoms with van der Waals surface area (Å²) in [6.07, 6.45) is 0.219. The number of hydrogen-bond acceptors (Lipinski definition) is 2. The van der Waals surface area contributed by atoms with Crippen LogP contribution in [0.15, 0.2) is 18.2 Å². The van der Waals surface area contributed by atoms with E-state index in [2.05, 4.69) is 0 Å². The predicted molar refractivity (Wildman–Crippen MR) is 71.7 cm³/mol. The van der Waals surface area contributed by atoms with E-state index in [1.165, 1.54) is 5.56 Å². The number of aryl methyl sites for hydroxylation is 2. The molecule has 1 aromatic carbocycles. The average molecular weight is 247 g/mol. The highest BCUT2D eigenvalue weighted by Crippen LogP contribution is 2.30. The van der Waals surface area contributed by atoms with Crippen molar-refractivity contribution in [2.45, 2.75) is 45.8 Å². The fourth-order valence-electron chi connectivity index (χ4n) is 2.47. The molecule has 1 fully saturated rings. The maximum Gasteiger partial charge on any atom is 0.254 e. The number of rotatable bonds is 1. The second-order valence-electron chi connectivity index (χ2n) is 5.71. The molecule has 2 rings (SSSR count). The molecule has 1 N–H and O–H groups in total. The Morgan fingerprint density at radius 3 is 2.50 bits per heavy atom. The van der Waals surface area contributed by atoms with Crippen molar-refractivity contribution < 1.29 is 9.90 Å². The van der Waals surface area contributed by atoms with Gasteiger partial charge in [0.05, 0.1) is 11.6 Å². The maximum atomic E-state index is 12.5. The van der Waals surface area contributed by atoms with Gasteiger partial charge < -0.3 is 10.0 Å². The topological polar surface area (TPSA) is 40.5 Å². The van der Waals surface area contributed by atoms with Crippen molar-refractivity contribution in [1.82, 2.24) is 4.90 Å². The highest BCUT2D eigenvalue weighted by molar-refractivity contribution is 5.95. The van der Waals surface area contributed by atoms with Crippen LogP contribution in [0.25, 0.3) is 0 Å². The first-order valence-corrected chi connectivity index (χ1v) is 6.41. The van der Waals surface area contributed by atoms with E-state index in [0.717, 1.165) is 5.56 Å². The summed E-state index contributed by atoms with van der Waals surface area (Å²) in [5.74, 6) is 0.0136. The zero-order chi connectivity index (χ0) is 13.5. The smallest absolute Gasteiger partial charge is 0.254 e. The highest BCUT2D eigenvalue weighted by Gasteiger charge is 2.42. The van der Waals surface area contributed by atoms with Crippen molar-refractivity contribution in [2.75, 3.05) is 6.54 Å². The number of likely N-dealkylation sites (tertiary alicyclic amines) is 1. The van der Waals surface area contributed by atoms with Crippen molar-refractivity contribution in [2.24, 2.45) is 0 Å². The lowest BCUT2D eigenvalue weighted by molar-refractivity contribution is 0.0394. The summed E-state index contributed by atoms with van der Waals surface area (Å²) >= 11 is 0. The Bertz CT molecular complexity index is 479. The molecule has 1 heterocycles. The van der Waals surface area contributed by atoms with Crippen LogP contribution in [0.5, 0.6) is 0 Å². The molecule has 1 aromatic rings. The third kappa shape index (κ3) is 2.03. The van der Waals surface area contributed by atoms with Gasteiger partial charge in [0.15, 0.2) is 0 Å². The fraction of sp³-hybridized carbons (Fsp3) is 0.533. The fourth-order valence-corrected chi connectivity index (χ4v) is 2.47. The zero-order valence-electron chi connectivity index (χ0n) is 11.5. The predicted octanol–water partition coefficient (Wildman–Crippen LogP) is 2.29. The van der Waals surface area contributed by atoms with Gasteiger partial charge in [-0.2, -0.15) is 0 Å². The molecule has 0 aromatic heterocycles. The van der Waals surface area contributed by atoms with Gasteiger partial charge >= 0.3 is 0 Å². The molecule has 1 atom stereocenters. The van der Waals surface area contributed by atoms with Crippen molar-refractivity contribution in [3.63, 3.8) is 0 Å². The summed E-state index contributed by atoms with van der Waals surface area (Å²) < 4.78 is 0. The molecule has 18 heavy (non-hydrogen) atoms. The number of aliphatic hydroxyl groups excluding tert-OH is 1. The molecule has 1 aliphatic rings. The molecule has 0 bridgehead atoms. The van der Waals surface area contributed by atoms with Crippen LogP contribution < -0.4 is 0 Å². The molecule has 3 nitrogen and oxygen atoms in total. The first-order chi connectivity index (χ1) is 8.34. The summed E-state index contributed by atoms with van der Waals surface area (Å²) in [7, 11) is 0. The van der Waals surface area contributed by atoms with Gasteiger partial charge in [0.25, 0.3) is 5.91 Å². The number of aliphatic hydroxyl groups is 1. The minimum Gasteiger partial charge on any atom is -0.391 e. The number of amides is 1. The SMILES string of the molecule is Cc1ccc(C(=O)N2CCC(O)C2(C)C)cc1C. The lowest BCUT2D eigenvalue weighted by Crippen LogP contribution is -2.48. The summed E-state index contributed by atoms with van der Waals surface area (Å²) in [5.41, 5.74) is 2.54. The van der Waals surface area contributed by atoms with Gasteiger partial charge in [-0.15, -0.1) is 0 Å². The third-order valence-electron chi connectivity index (χ3n) is 4.14. The Labute approximate surface area is 108 Å². The van der Waals surface area contributed by atoms with Crippen LogP contribution >= 0.6 is 0 Å². The normalized spacial score (nSPS) is 22.3. The minimum absolute atomic E-state index is 0.0136. The van der Waals surface area contributed by atoms with Gasteiger partial charge in [0, 0.05) is 12.1 Å². The summed E-state index contributed by atoms with van der Waals surface area (Å²) in [6, 6.07) is 5.77. The van der Waals surface area contributed by atoms with E-state index in [9.17, 15) is 9.90 Å². The Morgan fingerprint density at radius 1 is 1.33 bits per heavy atom. The summed E-state index contributed by atoms with van der Waals surface area (Å²) in [5, 5.41) is 9.93. The summed E-state index contributed by atoms with van der Waals surface area (Å²) in [4.78, 5) is 14.3. The first kappa shape index (κ1) is 13.1. The number of carbonyl (C=O) groups is 1. The minimum atomic E-state index is -0.476. The standard InChI is InChI=1S/C15H21NO2/c1-10-5-6-12(9-11(10)2)14(18)16-8-7-13(17)15(16,3)4/h5-6,9,13,17H,7-8H2,1-4H3. The molecule has 98 valence electrons. The molecular weight excluding hydrogens is 226 g/mol. The van der Waals surface area contributed by atoms with Crippen LogP contribution in [0.1, 0.15) is 41.8 Å². The van der Waals surface area contributed by atoms with E-state index in [1.54, 1.807) is 4.90 Å². The molecule has 1 unspecified atom stereocenters. The van der Waals surface area contributed by atoms with E-state index in [1.807, 2.05) is 45.9 Å². The van der Waals surface area contributed by atoms with Gasteiger partial charge in [0.1, 0.15) is 0 Å². The van der Waals surface area contributed by atoms with Crippen molar-refractivity contribution >= 4 is 5.91 Å². The van der Waals surface area contributed by atoms with E-state index in [-0.39, 0.29) is 5.91 Å². The number of nitrogens with zero attached hydrogens (tertiary/aromatic N) is 1. The van der Waals surface area contributed by atoms with Gasteiger partial charge in [0.2, 0.25) is 0 Å². The van der Waals surface area contributed by atoms with Crippen LogP contribution in [0.2, 0.25) is 0 Å². The Hall–Kier alpha value is -1.35. The Morgan fingerprint density at radius 2 is 2.00 bits per heavy atom. The summed E-state index contributed by atoms with van der Waals surface area (Å²) in [6.45, 7) is 8.51. The van der Waals surface area contributed by atoms with E-state index < -0.39 is 11.6 Å². The first-order valence-electron chi connectivity index (χ1n) is 6.41. The van der Waals surface area contributed by atoms with Crippen LogP contribution in [-0.4, -0.2) is 34.1 Å². The number of hydrogen-bond donors (Lipinski definition) is 1. The van der Waals surface area contributed by atoms with Crippen LogP contribution in [0.4, 0.5) is 0 Å². The van der Waals surface area contributed by atoms with Gasteiger partial charge in [-0.1, -0.05) is 6.07 Å². The molecule has 0 radical (unpaired) electrons. The van der Waals surface area contributed by atoms with E-state index >= 15 is 0 Å². The van der Waals surface area contributed by atoms with Gasteiger partial charge in [-0.25, -0.2) is 0 Å². The quantitative estimate of drug-likeness (QED) is 0.827. The van der Waals surface area contributed by atoms with Gasteiger partial charge in [-0.3, -0.25) is 4.79 Å². The third-order valence-corrected chi connectivity index (χ3v) is 4.14. The lowest BCUT2D eigenvalue weighted by atomic mass is 9.97. The number of benzene rings is 1. The van der Waals surface area contributed by atoms with Crippen molar-refractivity contribution in [3.8, 4) is 0 Å². The molecule has 1 aliphatic heterocycles. The Kier molecular flexibility index (Phi) is 3.20. The van der Waals surface area contributed by atoms with Crippen LogP contribution in [0.3, 0.4) is 0 Å². The van der Waals surface area contributed by atoms with Crippen molar-refractivity contribution in [1.29, 1.82) is 0 Å². The van der Waals surface area contributed by atoms with E-state index in [4.69, 9.17) is 0 Å². The molecule has 0 spiro atoms. The molecule has 1 saturated heterocycles. The molecule has 0 saturated carbocycles. The largest absolute Gasteiger partial charge is 0.391 e. The van der Waals surface area contributed by atoms with Crippen molar-refractivity contribution in [3.05, 3.63) is 34.9 Å². The van der Waals surface area contributed by atoms with Gasteiger partial charge in [-0.05, 0) is 57.4 Å².